The van der Waals surface area contributed by atoms with Gasteiger partial charge in [0.2, 0.25) is 5.91 Å². The van der Waals surface area contributed by atoms with E-state index in [1.165, 1.54) is 24.0 Å². The van der Waals surface area contributed by atoms with Gasteiger partial charge in [-0.3, -0.25) is 4.79 Å². The van der Waals surface area contributed by atoms with Crippen molar-refractivity contribution in [3.05, 3.63) is 35.4 Å². The van der Waals surface area contributed by atoms with E-state index < -0.39 is 0 Å². The molecule has 0 radical (unpaired) electrons. The summed E-state index contributed by atoms with van der Waals surface area (Å²) in [6, 6.07) is 8.55. The zero-order valence-corrected chi connectivity index (χ0v) is 10.6. The number of amides is 1. The average Bonchev–Trinajstić information content (AvgIpc) is 3.13. The topological polar surface area (TPSA) is 55.1 Å². The first-order valence-corrected chi connectivity index (χ1v) is 6.85. The van der Waals surface area contributed by atoms with Gasteiger partial charge >= 0.3 is 0 Å². The van der Waals surface area contributed by atoms with Crippen molar-refractivity contribution in [2.24, 2.45) is 17.6 Å². The fourth-order valence-electron chi connectivity index (χ4n) is 2.91. The number of benzene rings is 1. The van der Waals surface area contributed by atoms with E-state index in [2.05, 4.69) is 17.4 Å². The van der Waals surface area contributed by atoms with Crippen LogP contribution < -0.4 is 11.1 Å². The van der Waals surface area contributed by atoms with Gasteiger partial charge < -0.3 is 11.1 Å². The standard InChI is InChI=1S/C15H20N2O/c16-9-14(10-5-6-10)17-15(18)13-7-11-3-1-2-4-12(11)8-13/h1-4,10,13-14H,5-9,16H2,(H,17,18). The average molecular weight is 244 g/mol. The van der Waals surface area contributed by atoms with Crippen LogP contribution in [0.5, 0.6) is 0 Å². The molecule has 3 nitrogen and oxygen atoms in total. The van der Waals surface area contributed by atoms with Crippen LogP contribution in [0.4, 0.5) is 0 Å². The number of fused-ring (bicyclic) bond motifs is 1. The summed E-state index contributed by atoms with van der Waals surface area (Å²) < 4.78 is 0. The molecule has 18 heavy (non-hydrogen) atoms. The number of hydrogen-bond acceptors (Lipinski definition) is 2. The number of nitrogens with one attached hydrogen (secondary N) is 1. The van der Waals surface area contributed by atoms with Gasteiger partial charge in [0.05, 0.1) is 0 Å². The van der Waals surface area contributed by atoms with Gasteiger partial charge in [0.1, 0.15) is 0 Å². The quantitative estimate of drug-likeness (QED) is 0.837. The van der Waals surface area contributed by atoms with Crippen molar-refractivity contribution in [2.75, 3.05) is 6.54 Å². The fraction of sp³-hybridized carbons (Fsp3) is 0.533. The largest absolute Gasteiger partial charge is 0.352 e. The van der Waals surface area contributed by atoms with E-state index in [1.54, 1.807) is 0 Å². The van der Waals surface area contributed by atoms with E-state index in [0.29, 0.717) is 12.5 Å². The molecular formula is C15H20N2O. The second-order valence-electron chi connectivity index (χ2n) is 5.56. The maximum Gasteiger partial charge on any atom is 0.224 e. The lowest BCUT2D eigenvalue weighted by Gasteiger charge is -2.18. The monoisotopic (exact) mass is 244 g/mol. The summed E-state index contributed by atoms with van der Waals surface area (Å²) in [5, 5.41) is 3.14. The van der Waals surface area contributed by atoms with E-state index >= 15 is 0 Å². The third kappa shape index (κ3) is 2.27. The molecule has 1 amide bonds. The Labute approximate surface area is 108 Å². The summed E-state index contributed by atoms with van der Waals surface area (Å²) in [6.07, 6.45) is 4.19. The Morgan fingerprint density at radius 3 is 2.39 bits per heavy atom. The third-order valence-electron chi connectivity index (χ3n) is 4.19. The Hall–Kier alpha value is -1.35. The minimum Gasteiger partial charge on any atom is -0.352 e. The molecule has 0 bridgehead atoms. The third-order valence-corrected chi connectivity index (χ3v) is 4.19. The van der Waals surface area contributed by atoms with E-state index in [4.69, 9.17) is 5.73 Å². The van der Waals surface area contributed by atoms with Gasteiger partial charge in [-0.05, 0) is 42.7 Å². The number of hydrogen-bond donors (Lipinski definition) is 2. The molecule has 0 aromatic heterocycles. The molecule has 1 atom stereocenters. The van der Waals surface area contributed by atoms with Crippen LogP contribution in [-0.2, 0) is 17.6 Å². The lowest BCUT2D eigenvalue weighted by molar-refractivity contribution is -0.125. The molecule has 1 saturated carbocycles. The van der Waals surface area contributed by atoms with Crippen molar-refractivity contribution < 1.29 is 4.79 Å². The van der Waals surface area contributed by atoms with Crippen molar-refractivity contribution >= 4 is 5.91 Å². The Bertz CT molecular complexity index is 429. The predicted molar refractivity (Wildman–Crippen MR) is 71.0 cm³/mol. The second kappa shape index (κ2) is 4.73. The molecule has 3 N–H and O–H groups in total. The SMILES string of the molecule is NCC(NC(=O)C1Cc2ccccc2C1)C1CC1. The highest BCUT2D eigenvalue weighted by Gasteiger charge is 2.34. The smallest absolute Gasteiger partial charge is 0.224 e. The van der Waals surface area contributed by atoms with E-state index in [-0.39, 0.29) is 17.9 Å². The minimum atomic E-state index is 0.107. The van der Waals surface area contributed by atoms with E-state index in [9.17, 15) is 4.79 Å². The van der Waals surface area contributed by atoms with Gasteiger partial charge in [0.25, 0.3) is 0 Å². The number of rotatable bonds is 4. The highest BCUT2D eigenvalue weighted by atomic mass is 16.1. The highest BCUT2D eigenvalue weighted by molar-refractivity contribution is 5.80. The van der Waals surface area contributed by atoms with Crippen molar-refractivity contribution in [1.82, 2.24) is 5.32 Å². The van der Waals surface area contributed by atoms with Crippen LogP contribution in [0.25, 0.3) is 0 Å². The zero-order chi connectivity index (χ0) is 12.5. The molecule has 96 valence electrons. The summed E-state index contributed by atoms with van der Waals surface area (Å²) in [6.45, 7) is 0.566. The summed E-state index contributed by atoms with van der Waals surface area (Å²) in [4.78, 5) is 12.2. The molecule has 1 unspecified atom stereocenters. The van der Waals surface area contributed by atoms with Gasteiger partial charge in [-0.15, -0.1) is 0 Å². The van der Waals surface area contributed by atoms with Crippen molar-refractivity contribution in [1.29, 1.82) is 0 Å². The first kappa shape index (κ1) is 11.7. The van der Waals surface area contributed by atoms with E-state index in [1.807, 2.05) is 12.1 Å². The molecule has 0 heterocycles. The molecule has 0 aliphatic heterocycles. The van der Waals surface area contributed by atoms with Crippen LogP contribution in [0.15, 0.2) is 24.3 Å². The lowest BCUT2D eigenvalue weighted by Crippen LogP contribution is -2.44. The maximum atomic E-state index is 12.2. The van der Waals surface area contributed by atoms with Crippen molar-refractivity contribution in [3.63, 3.8) is 0 Å². The van der Waals surface area contributed by atoms with Gasteiger partial charge in [-0.25, -0.2) is 0 Å². The van der Waals surface area contributed by atoms with Gasteiger partial charge in [0, 0.05) is 18.5 Å². The fourth-order valence-corrected chi connectivity index (χ4v) is 2.91. The van der Waals surface area contributed by atoms with Crippen molar-refractivity contribution in [2.45, 2.75) is 31.7 Å². The summed E-state index contributed by atoms with van der Waals surface area (Å²) >= 11 is 0. The predicted octanol–water partition coefficient (Wildman–Crippen LogP) is 1.25. The molecule has 3 rings (SSSR count). The lowest BCUT2D eigenvalue weighted by atomic mass is 10.0. The van der Waals surface area contributed by atoms with Crippen LogP contribution in [0.2, 0.25) is 0 Å². The summed E-state index contributed by atoms with van der Waals surface area (Å²) in [5.74, 6) is 0.923. The molecule has 1 aromatic rings. The summed E-state index contributed by atoms with van der Waals surface area (Å²) in [5.41, 5.74) is 8.38. The Kier molecular flexibility index (Phi) is 3.08. The molecule has 3 heteroatoms. The van der Waals surface area contributed by atoms with Crippen LogP contribution in [0.1, 0.15) is 24.0 Å². The zero-order valence-electron chi connectivity index (χ0n) is 10.6. The van der Waals surface area contributed by atoms with Crippen LogP contribution in [-0.4, -0.2) is 18.5 Å². The molecule has 0 saturated heterocycles. The maximum absolute atomic E-state index is 12.2. The Balaban J connectivity index is 1.61. The molecule has 1 aromatic carbocycles. The number of carbonyl (C=O) groups excluding carboxylic acids is 1. The van der Waals surface area contributed by atoms with Gasteiger partial charge in [-0.1, -0.05) is 24.3 Å². The van der Waals surface area contributed by atoms with E-state index in [0.717, 1.165) is 12.8 Å². The minimum absolute atomic E-state index is 0.107. The van der Waals surface area contributed by atoms with Crippen LogP contribution >= 0.6 is 0 Å². The van der Waals surface area contributed by atoms with Crippen LogP contribution in [0, 0.1) is 11.8 Å². The first-order valence-electron chi connectivity index (χ1n) is 6.85. The van der Waals surface area contributed by atoms with Gasteiger partial charge in [-0.2, -0.15) is 0 Å². The van der Waals surface area contributed by atoms with Crippen molar-refractivity contribution in [3.8, 4) is 0 Å². The molecule has 2 aliphatic rings. The Morgan fingerprint density at radius 2 is 1.89 bits per heavy atom. The molecule has 2 aliphatic carbocycles. The normalized spacial score (nSPS) is 20.5. The summed E-state index contributed by atoms with van der Waals surface area (Å²) in [7, 11) is 0. The molecule has 1 fully saturated rings. The Morgan fingerprint density at radius 1 is 1.28 bits per heavy atom. The van der Waals surface area contributed by atoms with Gasteiger partial charge in [0.15, 0.2) is 0 Å². The molecule has 0 spiro atoms. The highest BCUT2D eigenvalue weighted by Crippen LogP contribution is 2.33. The molecular weight excluding hydrogens is 224 g/mol. The second-order valence-corrected chi connectivity index (χ2v) is 5.56. The first-order chi connectivity index (χ1) is 8.78. The van der Waals surface area contributed by atoms with Crippen LogP contribution in [0.3, 0.4) is 0 Å². The number of nitrogens with two attached hydrogens (primary N) is 1. The number of carbonyl (C=O) groups is 1.